The molecule has 0 radical (unpaired) electrons. The second-order valence-electron chi connectivity index (χ2n) is 5.46. The molecule has 0 saturated carbocycles. The van der Waals surface area contributed by atoms with E-state index in [0.717, 1.165) is 11.1 Å². The van der Waals surface area contributed by atoms with Gasteiger partial charge in [0.1, 0.15) is 11.0 Å². The summed E-state index contributed by atoms with van der Waals surface area (Å²) in [5.41, 5.74) is 4.16. The maximum atomic E-state index is 12.9. The number of nitrogens with one attached hydrogen (secondary N) is 1. The third kappa shape index (κ3) is 2.04. The Morgan fingerprint density at radius 1 is 1.08 bits per heavy atom. The van der Waals surface area contributed by atoms with E-state index < -0.39 is 0 Å². The molecule has 1 N–H and O–H groups in total. The Balaban J connectivity index is 1.86. The third-order valence-electron chi connectivity index (χ3n) is 4.03. The Morgan fingerprint density at radius 2 is 1.96 bits per heavy atom. The summed E-state index contributed by atoms with van der Waals surface area (Å²) in [7, 11) is 0. The second kappa shape index (κ2) is 5.10. The predicted octanol–water partition coefficient (Wildman–Crippen LogP) is 2.31. The van der Waals surface area contributed by atoms with E-state index >= 15 is 0 Å². The Labute approximate surface area is 139 Å². The molecule has 0 aliphatic carbocycles. The van der Waals surface area contributed by atoms with Crippen LogP contribution in [-0.4, -0.2) is 29.7 Å². The number of rotatable bonds is 2. The Hall–Kier alpha value is -3.81. The first kappa shape index (κ1) is 13.6. The lowest BCUT2D eigenvalue weighted by Crippen LogP contribution is -2.19. The van der Waals surface area contributed by atoms with Gasteiger partial charge in [0.25, 0.3) is 5.56 Å². The van der Waals surface area contributed by atoms with Crippen LogP contribution in [0.4, 0.5) is 0 Å². The molecule has 4 heterocycles. The van der Waals surface area contributed by atoms with Gasteiger partial charge in [-0.3, -0.25) is 19.4 Å². The van der Waals surface area contributed by atoms with Gasteiger partial charge in [0, 0.05) is 35.9 Å². The minimum absolute atomic E-state index is 0.252. The number of oxazole rings is 1. The van der Waals surface area contributed by atoms with Crippen molar-refractivity contribution in [3.8, 4) is 16.8 Å². The number of aromatic amines is 1. The fraction of sp³-hybridized carbons (Fsp3) is 0. The monoisotopic (exact) mass is 330 g/mol. The van der Waals surface area contributed by atoms with Gasteiger partial charge in [0.05, 0.1) is 11.9 Å². The summed E-state index contributed by atoms with van der Waals surface area (Å²) in [6.07, 6.45) is 9.62. The summed E-state index contributed by atoms with van der Waals surface area (Å²) >= 11 is 0. The SMILES string of the molecule is O=c1c2nccnc2c(-c2cn[nH]c2)cn1-c1ccc2ocnc2c1. The first-order chi connectivity index (χ1) is 12.3. The first-order valence-electron chi connectivity index (χ1n) is 7.50. The van der Waals surface area contributed by atoms with E-state index in [-0.39, 0.29) is 5.56 Å². The van der Waals surface area contributed by atoms with Crippen molar-refractivity contribution in [2.24, 2.45) is 0 Å². The Morgan fingerprint density at radius 3 is 2.80 bits per heavy atom. The summed E-state index contributed by atoms with van der Waals surface area (Å²) in [6.45, 7) is 0. The highest BCUT2D eigenvalue weighted by Crippen LogP contribution is 2.25. The van der Waals surface area contributed by atoms with Crippen LogP contribution < -0.4 is 5.56 Å². The Bertz CT molecular complexity index is 1270. The van der Waals surface area contributed by atoms with Crippen LogP contribution in [0.25, 0.3) is 38.9 Å². The predicted molar refractivity (Wildman–Crippen MR) is 90.3 cm³/mol. The van der Waals surface area contributed by atoms with E-state index in [1.54, 1.807) is 43.0 Å². The molecular formula is C17H10N6O2. The van der Waals surface area contributed by atoms with E-state index in [9.17, 15) is 4.79 Å². The summed E-state index contributed by atoms with van der Waals surface area (Å²) in [5.74, 6) is 0. The lowest BCUT2D eigenvalue weighted by atomic mass is 10.1. The van der Waals surface area contributed by atoms with Gasteiger partial charge in [-0.25, -0.2) is 9.97 Å². The molecule has 8 heteroatoms. The average molecular weight is 330 g/mol. The van der Waals surface area contributed by atoms with Crippen molar-refractivity contribution in [1.82, 2.24) is 29.7 Å². The van der Waals surface area contributed by atoms with Crippen molar-refractivity contribution in [3.05, 3.63) is 65.9 Å². The standard InChI is InChI=1S/C17H10N6O2/c24-17-16-15(18-3-4-19-16)12(10-6-21-22-7-10)8-23(17)11-1-2-14-13(5-11)20-9-25-14/h1-9H,(H,21,22). The van der Waals surface area contributed by atoms with Crippen molar-refractivity contribution >= 4 is 22.1 Å². The van der Waals surface area contributed by atoms with Gasteiger partial charge in [-0.15, -0.1) is 0 Å². The van der Waals surface area contributed by atoms with E-state index in [0.29, 0.717) is 27.8 Å². The fourth-order valence-electron chi connectivity index (χ4n) is 2.85. The molecule has 0 aliphatic heterocycles. The first-order valence-corrected chi connectivity index (χ1v) is 7.50. The number of nitrogens with zero attached hydrogens (tertiary/aromatic N) is 5. The summed E-state index contributed by atoms with van der Waals surface area (Å²) in [6, 6.07) is 5.38. The minimum atomic E-state index is -0.252. The van der Waals surface area contributed by atoms with E-state index in [2.05, 4.69) is 25.1 Å². The highest BCUT2D eigenvalue weighted by molar-refractivity contribution is 5.90. The molecule has 0 fully saturated rings. The highest BCUT2D eigenvalue weighted by Gasteiger charge is 2.15. The van der Waals surface area contributed by atoms with Crippen LogP contribution in [0.2, 0.25) is 0 Å². The van der Waals surface area contributed by atoms with Crippen LogP contribution in [0.5, 0.6) is 0 Å². The number of hydrogen-bond acceptors (Lipinski definition) is 6. The second-order valence-corrected chi connectivity index (χ2v) is 5.46. The van der Waals surface area contributed by atoms with Crippen LogP contribution in [0.15, 0.2) is 64.8 Å². The smallest absolute Gasteiger partial charge is 0.283 e. The minimum Gasteiger partial charge on any atom is -0.443 e. The molecule has 25 heavy (non-hydrogen) atoms. The largest absolute Gasteiger partial charge is 0.443 e. The molecule has 0 spiro atoms. The number of benzene rings is 1. The van der Waals surface area contributed by atoms with Crippen molar-refractivity contribution in [2.45, 2.75) is 0 Å². The molecule has 120 valence electrons. The molecule has 4 aromatic heterocycles. The number of fused-ring (bicyclic) bond motifs is 2. The molecule has 8 nitrogen and oxygen atoms in total. The van der Waals surface area contributed by atoms with Gasteiger partial charge >= 0.3 is 0 Å². The Kier molecular flexibility index (Phi) is 2.78. The van der Waals surface area contributed by atoms with Gasteiger partial charge in [-0.2, -0.15) is 5.10 Å². The third-order valence-corrected chi connectivity index (χ3v) is 4.03. The van der Waals surface area contributed by atoms with E-state index in [1.165, 1.54) is 17.2 Å². The molecule has 5 rings (SSSR count). The van der Waals surface area contributed by atoms with Crippen LogP contribution in [0.1, 0.15) is 0 Å². The normalized spacial score (nSPS) is 11.4. The molecule has 5 aromatic rings. The number of aromatic nitrogens is 6. The zero-order valence-electron chi connectivity index (χ0n) is 12.7. The molecule has 0 saturated heterocycles. The van der Waals surface area contributed by atoms with E-state index in [4.69, 9.17) is 4.42 Å². The van der Waals surface area contributed by atoms with E-state index in [1.807, 2.05) is 0 Å². The lowest BCUT2D eigenvalue weighted by molar-refractivity contribution is 0.602. The van der Waals surface area contributed by atoms with Crippen LogP contribution >= 0.6 is 0 Å². The van der Waals surface area contributed by atoms with Gasteiger partial charge in [-0.05, 0) is 18.2 Å². The molecule has 1 aromatic carbocycles. The molecule has 0 amide bonds. The summed E-state index contributed by atoms with van der Waals surface area (Å²) < 4.78 is 6.79. The van der Waals surface area contributed by atoms with Gasteiger partial charge in [0.2, 0.25) is 0 Å². The molecule has 0 atom stereocenters. The number of H-pyrrole nitrogens is 1. The molecule has 0 unspecified atom stereocenters. The highest BCUT2D eigenvalue weighted by atomic mass is 16.3. The quantitative estimate of drug-likeness (QED) is 0.533. The van der Waals surface area contributed by atoms with Gasteiger partial charge < -0.3 is 4.42 Å². The fourth-order valence-corrected chi connectivity index (χ4v) is 2.85. The zero-order valence-corrected chi connectivity index (χ0v) is 12.7. The number of pyridine rings is 1. The van der Waals surface area contributed by atoms with Crippen molar-refractivity contribution in [1.29, 1.82) is 0 Å². The maximum absolute atomic E-state index is 12.9. The van der Waals surface area contributed by atoms with Crippen LogP contribution in [-0.2, 0) is 0 Å². The van der Waals surface area contributed by atoms with Crippen LogP contribution in [0.3, 0.4) is 0 Å². The molecule has 0 aliphatic rings. The maximum Gasteiger partial charge on any atom is 0.283 e. The van der Waals surface area contributed by atoms with Crippen molar-refractivity contribution in [3.63, 3.8) is 0 Å². The van der Waals surface area contributed by atoms with Gasteiger partial charge in [-0.1, -0.05) is 0 Å². The zero-order chi connectivity index (χ0) is 16.8. The van der Waals surface area contributed by atoms with Gasteiger partial charge in [0.15, 0.2) is 17.5 Å². The molecular weight excluding hydrogens is 320 g/mol. The average Bonchev–Trinajstić information content (AvgIpc) is 3.33. The summed E-state index contributed by atoms with van der Waals surface area (Å²) in [5, 5.41) is 6.76. The van der Waals surface area contributed by atoms with Crippen molar-refractivity contribution in [2.75, 3.05) is 0 Å². The topological polar surface area (TPSA) is 102 Å². The summed E-state index contributed by atoms with van der Waals surface area (Å²) in [4.78, 5) is 25.6. The number of hydrogen-bond donors (Lipinski definition) is 1. The van der Waals surface area contributed by atoms with Crippen molar-refractivity contribution < 1.29 is 4.42 Å². The van der Waals surface area contributed by atoms with Crippen LogP contribution in [0, 0.1) is 0 Å². The lowest BCUT2D eigenvalue weighted by Gasteiger charge is -2.10. The molecule has 0 bridgehead atoms.